The molecule has 1 fully saturated rings. The summed E-state index contributed by atoms with van der Waals surface area (Å²) in [5, 5.41) is 9.88. The third-order valence-corrected chi connectivity index (χ3v) is 5.78. The molecule has 31 heavy (non-hydrogen) atoms. The Bertz CT molecular complexity index is 1020. The van der Waals surface area contributed by atoms with Crippen LogP contribution in [0.25, 0.3) is 0 Å². The number of hydrogen-bond donors (Lipinski definition) is 1. The van der Waals surface area contributed by atoms with Crippen molar-refractivity contribution in [3.8, 4) is 5.75 Å². The summed E-state index contributed by atoms with van der Waals surface area (Å²) in [4.78, 5) is 14.0. The van der Waals surface area contributed by atoms with Crippen LogP contribution in [0.15, 0.2) is 78.9 Å². The van der Waals surface area contributed by atoms with Gasteiger partial charge in [-0.25, -0.2) is 4.39 Å². The molecule has 160 valence electrons. The van der Waals surface area contributed by atoms with E-state index in [0.29, 0.717) is 25.3 Å². The molecule has 1 aliphatic heterocycles. The molecule has 2 atom stereocenters. The van der Waals surface area contributed by atoms with Crippen molar-refractivity contribution in [2.45, 2.75) is 38.0 Å². The van der Waals surface area contributed by atoms with E-state index in [1.807, 2.05) is 65.6 Å². The Hall–Kier alpha value is -3.18. The van der Waals surface area contributed by atoms with Crippen molar-refractivity contribution in [3.05, 3.63) is 101 Å². The third-order valence-electron chi connectivity index (χ3n) is 5.78. The van der Waals surface area contributed by atoms with Crippen LogP contribution in [0, 0.1) is 5.82 Å². The molecule has 0 radical (unpaired) electrons. The summed E-state index contributed by atoms with van der Waals surface area (Å²) < 4.78 is 20.3. The van der Waals surface area contributed by atoms with Gasteiger partial charge in [0.15, 0.2) is 0 Å². The van der Waals surface area contributed by atoms with Gasteiger partial charge < -0.3 is 9.84 Å². The molecule has 1 heterocycles. The van der Waals surface area contributed by atoms with E-state index in [1.54, 1.807) is 6.07 Å². The molecule has 5 heteroatoms. The number of piperidine rings is 1. The fourth-order valence-corrected chi connectivity index (χ4v) is 4.33. The number of para-hydroxylation sites is 1. The molecular weight excluding hydrogens is 393 g/mol. The van der Waals surface area contributed by atoms with Crippen LogP contribution >= 0.6 is 0 Å². The van der Waals surface area contributed by atoms with Gasteiger partial charge in [0.2, 0.25) is 0 Å². The van der Waals surface area contributed by atoms with Crippen LogP contribution in [0.3, 0.4) is 0 Å². The van der Waals surface area contributed by atoms with E-state index in [2.05, 4.69) is 0 Å². The standard InChI is InChI=1S/C26H26FNO3/c27-21-12-8-11-20(17-21)25(28-16-7-6-14-23(28)26(29)30)22-13-4-5-15-24(22)31-18-19-9-2-1-3-10-19/h1-5,8-13,15,17,23,25H,6-7,14,16,18H2,(H,29,30). The molecule has 3 aromatic carbocycles. The summed E-state index contributed by atoms with van der Waals surface area (Å²) in [6, 6.07) is 22.9. The van der Waals surface area contributed by atoms with Gasteiger partial charge in [-0.2, -0.15) is 0 Å². The Morgan fingerprint density at radius 1 is 1.03 bits per heavy atom. The molecule has 0 saturated carbocycles. The minimum absolute atomic E-state index is 0.339. The van der Waals surface area contributed by atoms with Gasteiger partial charge in [-0.15, -0.1) is 0 Å². The van der Waals surface area contributed by atoms with Gasteiger partial charge in [-0.05, 0) is 48.7 Å². The second kappa shape index (κ2) is 9.75. The van der Waals surface area contributed by atoms with E-state index in [9.17, 15) is 14.3 Å². The number of carbonyl (C=O) groups is 1. The van der Waals surface area contributed by atoms with Crippen LogP contribution in [-0.2, 0) is 11.4 Å². The maximum Gasteiger partial charge on any atom is 0.320 e. The zero-order chi connectivity index (χ0) is 21.6. The fraction of sp³-hybridized carbons (Fsp3) is 0.269. The Balaban J connectivity index is 1.74. The molecule has 0 aromatic heterocycles. The highest BCUT2D eigenvalue weighted by molar-refractivity contribution is 5.73. The zero-order valence-electron chi connectivity index (χ0n) is 17.3. The van der Waals surface area contributed by atoms with Crippen molar-refractivity contribution in [1.29, 1.82) is 0 Å². The van der Waals surface area contributed by atoms with Crippen LogP contribution in [0.1, 0.15) is 42.0 Å². The number of aliphatic carboxylic acids is 1. The van der Waals surface area contributed by atoms with E-state index in [-0.39, 0.29) is 5.82 Å². The van der Waals surface area contributed by atoms with Gasteiger partial charge >= 0.3 is 5.97 Å². The van der Waals surface area contributed by atoms with Crippen molar-refractivity contribution in [1.82, 2.24) is 4.90 Å². The Morgan fingerprint density at radius 2 is 1.81 bits per heavy atom. The number of benzene rings is 3. The average Bonchev–Trinajstić information content (AvgIpc) is 2.80. The maximum absolute atomic E-state index is 14.2. The van der Waals surface area contributed by atoms with Gasteiger partial charge in [0.1, 0.15) is 24.2 Å². The first-order valence-corrected chi connectivity index (χ1v) is 10.6. The molecule has 0 spiro atoms. The van der Waals surface area contributed by atoms with Gasteiger partial charge in [0.25, 0.3) is 0 Å². The largest absolute Gasteiger partial charge is 0.489 e. The Labute approximate surface area is 181 Å². The van der Waals surface area contributed by atoms with E-state index in [4.69, 9.17) is 4.74 Å². The number of rotatable bonds is 7. The van der Waals surface area contributed by atoms with Crippen LogP contribution in [0.5, 0.6) is 5.75 Å². The predicted octanol–water partition coefficient (Wildman–Crippen LogP) is 5.43. The van der Waals surface area contributed by atoms with Crippen molar-refractivity contribution in [2.24, 2.45) is 0 Å². The van der Waals surface area contributed by atoms with Gasteiger partial charge in [-0.1, -0.05) is 67.1 Å². The minimum Gasteiger partial charge on any atom is -0.489 e. The summed E-state index contributed by atoms with van der Waals surface area (Å²) in [7, 11) is 0. The van der Waals surface area contributed by atoms with Gasteiger partial charge in [0.05, 0.1) is 6.04 Å². The Kier molecular flexibility index (Phi) is 6.63. The molecular formula is C26H26FNO3. The van der Waals surface area contributed by atoms with E-state index in [1.165, 1.54) is 12.1 Å². The average molecular weight is 419 g/mol. The third kappa shape index (κ3) is 4.94. The number of carboxylic acids is 1. The lowest BCUT2D eigenvalue weighted by molar-refractivity contribution is -0.145. The van der Waals surface area contributed by atoms with Gasteiger partial charge in [-0.3, -0.25) is 9.69 Å². The second-order valence-electron chi connectivity index (χ2n) is 7.86. The number of halogens is 1. The smallest absolute Gasteiger partial charge is 0.320 e. The lowest BCUT2D eigenvalue weighted by atomic mass is 9.91. The SMILES string of the molecule is O=C(O)C1CCCCN1C(c1cccc(F)c1)c1ccccc1OCc1ccccc1. The molecule has 1 N–H and O–H groups in total. The summed E-state index contributed by atoms with van der Waals surface area (Å²) in [5.41, 5.74) is 2.61. The van der Waals surface area contributed by atoms with Crippen molar-refractivity contribution < 1.29 is 19.0 Å². The maximum atomic E-state index is 14.2. The van der Waals surface area contributed by atoms with Gasteiger partial charge in [0, 0.05) is 5.56 Å². The monoisotopic (exact) mass is 419 g/mol. The normalized spacial score (nSPS) is 17.8. The number of likely N-dealkylation sites (tertiary alicyclic amines) is 1. The van der Waals surface area contributed by atoms with Crippen LogP contribution < -0.4 is 4.74 Å². The quantitative estimate of drug-likeness (QED) is 0.555. The highest BCUT2D eigenvalue weighted by Crippen LogP contribution is 2.38. The molecule has 1 aliphatic rings. The first-order chi connectivity index (χ1) is 15.1. The number of carboxylic acid groups (broad SMARTS) is 1. The summed E-state index contributed by atoms with van der Waals surface area (Å²) in [6.45, 7) is 1.03. The van der Waals surface area contributed by atoms with Crippen molar-refractivity contribution in [2.75, 3.05) is 6.54 Å². The fourth-order valence-electron chi connectivity index (χ4n) is 4.33. The number of nitrogens with zero attached hydrogens (tertiary/aromatic N) is 1. The van der Waals surface area contributed by atoms with E-state index in [0.717, 1.165) is 29.5 Å². The summed E-state index contributed by atoms with van der Waals surface area (Å²) >= 11 is 0. The molecule has 4 nitrogen and oxygen atoms in total. The molecule has 1 saturated heterocycles. The molecule has 4 rings (SSSR count). The summed E-state index contributed by atoms with van der Waals surface area (Å²) in [6.07, 6.45) is 2.35. The minimum atomic E-state index is -0.844. The van der Waals surface area contributed by atoms with E-state index >= 15 is 0 Å². The molecule has 2 unspecified atom stereocenters. The first kappa shape index (κ1) is 21.1. The number of hydrogen-bond acceptors (Lipinski definition) is 3. The highest BCUT2D eigenvalue weighted by atomic mass is 19.1. The zero-order valence-corrected chi connectivity index (χ0v) is 17.3. The predicted molar refractivity (Wildman–Crippen MR) is 117 cm³/mol. The van der Waals surface area contributed by atoms with Crippen LogP contribution in [0.2, 0.25) is 0 Å². The topological polar surface area (TPSA) is 49.8 Å². The molecule has 0 bridgehead atoms. The molecule has 0 amide bonds. The summed E-state index contributed by atoms with van der Waals surface area (Å²) in [5.74, 6) is -0.506. The molecule has 3 aromatic rings. The lowest BCUT2D eigenvalue weighted by Crippen LogP contribution is -2.47. The number of ether oxygens (including phenoxy) is 1. The van der Waals surface area contributed by atoms with E-state index < -0.39 is 18.1 Å². The molecule has 0 aliphatic carbocycles. The van der Waals surface area contributed by atoms with Crippen LogP contribution in [-0.4, -0.2) is 28.6 Å². The Morgan fingerprint density at radius 3 is 2.58 bits per heavy atom. The first-order valence-electron chi connectivity index (χ1n) is 10.6. The lowest BCUT2D eigenvalue weighted by Gasteiger charge is -2.40. The van der Waals surface area contributed by atoms with Crippen LogP contribution in [0.4, 0.5) is 4.39 Å². The van der Waals surface area contributed by atoms with Crippen molar-refractivity contribution >= 4 is 5.97 Å². The van der Waals surface area contributed by atoms with Crippen molar-refractivity contribution in [3.63, 3.8) is 0 Å². The highest BCUT2D eigenvalue weighted by Gasteiger charge is 2.36. The second-order valence-corrected chi connectivity index (χ2v) is 7.86.